The van der Waals surface area contributed by atoms with E-state index in [-0.39, 0.29) is 17.3 Å². The van der Waals surface area contributed by atoms with Crippen molar-refractivity contribution in [2.45, 2.75) is 32.4 Å². The number of hydrogen-bond donors (Lipinski definition) is 0. The van der Waals surface area contributed by atoms with Gasteiger partial charge in [0.2, 0.25) is 5.69 Å². The molecule has 8 nitrogen and oxygen atoms in total. The predicted molar refractivity (Wildman–Crippen MR) is 75.1 cm³/mol. The van der Waals surface area contributed by atoms with E-state index >= 15 is 0 Å². The van der Waals surface area contributed by atoms with Gasteiger partial charge in [0.05, 0.1) is 4.92 Å². The molecule has 114 valence electrons. The first kappa shape index (κ1) is 14.0. The average molecular weight is 293 g/mol. The molecule has 2 saturated heterocycles. The van der Waals surface area contributed by atoms with E-state index in [2.05, 4.69) is 10.00 Å². The van der Waals surface area contributed by atoms with E-state index in [1.165, 1.54) is 17.3 Å². The summed E-state index contributed by atoms with van der Waals surface area (Å²) < 4.78 is 1.42. The summed E-state index contributed by atoms with van der Waals surface area (Å²) in [6.45, 7) is 5.50. The van der Waals surface area contributed by atoms with Crippen LogP contribution in [0.15, 0.2) is 6.20 Å². The van der Waals surface area contributed by atoms with Crippen molar-refractivity contribution >= 4 is 11.6 Å². The van der Waals surface area contributed by atoms with Crippen molar-refractivity contribution in [2.75, 3.05) is 26.2 Å². The van der Waals surface area contributed by atoms with Gasteiger partial charge in [-0.1, -0.05) is 0 Å². The highest BCUT2D eigenvalue weighted by Gasteiger charge is 2.36. The molecule has 8 heteroatoms. The van der Waals surface area contributed by atoms with Gasteiger partial charge in [0.25, 0.3) is 5.91 Å². The average Bonchev–Trinajstić information content (AvgIpc) is 3.11. The van der Waals surface area contributed by atoms with Crippen LogP contribution in [-0.4, -0.2) is 62.6 Å². The van der Waals surface area contributed by atoms with Gasteiger partial charge in [-0.15, -0.1) is 0 Å². The number of amides is 1. The van der Waals surface area contributed by atoms with Crippen molar-refractivity contribution in [3.05, 3.63) is 22.0 Å². The Bertz CT molecular complexity index is 570. The number of nitrogens with zero attached hydrogens (tertiary/aromatic N) is 5. The van der Waals surface area contributed by atoms with Crippen molar-refractivity contribution in [3.8, 4) is 0 Å². The molecule has 0 unspecified atom stereocenters. The lowest BCUT2D eigenvalue weighted by Crippen LogP contribution is -2.52. The van der Waals surface area contributed by atoms with Gasteiger partial charge in [0, 0.05) is 32.2 Å². The molecule has 0 spiro atoms. The van der Waals surface area contributed by atoms with Crippen LogP contribution in [0.1, 0.15) is 30.3 Å². The van der Waals surface area contributed by atoms with Crippen LogP contribution >= 0.6 is 0 Å². The van der Waals surface area contributed by atoms with Crippen molar-refractivity contribution in [3.63, 3.8) is 0 Å². The zero-order chi connectivity index (χ0) is 15.0. The fourth-order valence-electron chi connectivity index (χ4n) is 3.29. The van der Waals surface area contributed by atoms with Crippen LogP contribution in [0.5, 0.6) is 0 Å². The first-order valence-corrected chi connectivity index (χ1v) is 7.35. The van der Waals surface area contributed by atoms with E-state index in [1.807, 2.05) is 6.92 Å². The number of carbonyl (C=O) groups is 1. The number of hydrogen-bond acceptors (Lipinski definition) is 5. The molecule has 0 aromatic carbocycles. The molecule has 2 fully saturated rings. The second-order valence-electron chi connectivity index (χ2n) is 5.53. The van der Waals surface area contributed by atoms with E-state index in [4.69, 9.17) is 0 Å². The van der Waals surface area contributed by atoms with Crippen LogP contribution in [0.4, 0.5) is 5.69 Å². The third kappa shape index (κ3) is 2.39. The molecule has 0 saturated carbocycles. The maximum Gasteiger partial charge on any atom is 0.320 e. The molecular formula is C13H19N5O3. The summed E-state index contributed by atoms with van der Waals surface area (Å²) in [7, 11) is 0. The molecule has 1 amide bonds. The fraction of sp³-hybridized carbons (Fsp3) is 0.692. The standard InChI is InChI=1S/C13H19N5O3/c1-2-17-12(11(8-14-17)18(20)21)13(19)16-7-6-15-5-3-4-10(15)9-16/h8,10H,2-7,9H2,1H3/t10-/m1/s1. The zero-order valence-electron chi connectivity index (χ0n) is 12.1. The molecule has 1 aromatic rings. The molecule has 0 bridgehead atoms. The van der Waals surface area contributed by atoms with Gasteiger partial charge in [-0.2, -0.15) is 5.10 Å². The first-order chi connectivity index (χ1) is 10.1. The minimum absolute atomic E-state index is 0.106. The van der Waals surface area contributed by atoms with Crippen LogP contribution in [0.25, 0.3) is 0 Å². The Morgan fingerprint density at radius 1 is 1.48 bits per heavy atom. The van der Waals surface area contributed by atoms with E-state index in [1.54, 1.807) is 4.90 Å². The summed E-state index contributed by atoms with van der Waals surface area (Å²) in [5.41, 5.74) is -0.0929. The number of nitro groups is 1. The van der Waals surface area contributed by atoms with Crippen LogP contribution in [-0.2, 0) is 6.54 Å². The van der Waals surface area contributed by atoms with Crippen LogP contribution < -0.4 is 0 Å². The number of aryl methyl sites for hydroxylation is 1. The third-order valence-corrected chi connectivity index (χ3v) is 4.39. The van der Waals surface area contributed by atoms with Gasteiger partial charge >= 0.3 is 5.69 Å². The Balaban J connectivity index is 1.85. The van der Waals surface area contributed by atoms with Gasteiger partial charge in [-0.05, 0) is 26.3 Å². The Hall–Kier alpha value is -1.96. The Labute approximate surface area is 122 Å². The monoisotopic (exact) mass is 293 g/mol. The minimum atomic E-state index is -0.530. The smallest absolute Gasteiger partial charge is 0.320 e. The summed E-state index contributed by atoms with van der Waals surface area (Å²) in [6, 6.07) is 0.403. The quantitative estimate of drug-likeness (QED) is 0.606. The minimum Gasteiger partial charge on any atom is -0.334 e. The highest BCUT2D eigenvalue weighted by Crippen LogP contribution is 2.25. The van der Waals surface area contributed by atoms with Gasteiger partial charge in [0.1, 0.15) is 6.20 Å². The molecule has 3 heterocycles. The lowest BCUT2D eigenvalue weighted by molar-refractivity contribution is -0.385. The molecule has 0 aliphatic carbocycles. The van der Waals surface area contributed by atoms with Gasteiger partial charge in [-0.3, -0.25) is 24.5 Å². The maximum absolute atomic E-state index is 12.7. The topological polar surface area (TPSA) is 84.5 Å². The Morgan fingerprint density at radius 2 is 2.29 bits per heavy atom. The fourth-order valence-corrected chi connectivity index (χ4v) is 3.29. The highest BCUT2D eigenvalue weighted by molar-refractivity contribution is 5.96. The number of piperazine rings is 1. The lowest BCUT2D eigenvalue weighted by atomic mass is 10.1. The van der Waals surface area contributed by atoms with Gasteiger partial charge in [-0.25, -0.2) is 0 Å². The second kappa shape index (κ2) is 5.44. The van der Waals surface area contributed by atoms with Crippen molar-refractivity contribution in [2.24, 2.45) is 0 Å². The van der Waals surface area contributed by atoms with Crippen molar-refractivity contribution in [1.29, 1.82) is 0 Å². The normalized spacial score (nSPS) is 22.3. The number of aromatic nitrogens is 2. The molecular weight excluding hydrogens is 274 g/mol. The molecule has 2 aliphatic rings. The molecule has 0 radical (unpaired) electrons. The second-order valence-corrected chi connectivity index (χ2v) is 5.53. The maximum atomic E-state index is 12.7. The number of rotatable bonds is 3. The molecule has 21 heavy (non-hydrogen) atoms. The molecule has 2 aliphatic heterocycles. The molecule has 1 atom stereocenters. The summed E-state index contributed by atoms with van der Waals surface area (Å²) in [6.07, 6.45) is 3.43. The SMILES string of the molecule is CCn1ncc([N+](=O)[O-])c1C(=O)N1CCN2CCC[C@@H]2C1. The summed E-state index contributed by atoms with van der Waals surface area (Å²) >= 11 is 0. The van der Waals surface area contributed by atoms with E-state index in [9.17, 15) is 14.9 Å². The van der Waals surface area contributed by atoms with E-state index < -0.39 is 4.92 Å². The largest absolute Gasteiger partial charge is 0.334 e. The highest BCUT2D eigenvalue weighted by atomic mass is 16.6. The number of fused-ring (bicyclic) bond motifs is 1. The first-order valence-electron chi connectivity index (χ1n) is 7.35. The Morgan fingerprint density at radius 3 is 3.00 bits per heavy atom. The third-order valence-electron chi connectivity index (χ3n) is 4.39. The van der Waals surface area contributed by atoms with Crippen LogP contribution in [0.2, 0.25) is 0 Å². The Kier molecular flexibility index (Phi) is 3.62. The van der Waals surface area contributed by atoms with Gasteiger partial charge < -0.3 is 4.90 Å². The van der Waals surface area contributed by atoms with Crippen molar-refractivity contribution < 1.29 is 9.72 Å². The predicted octanol–water partition coefficient (Wildman–Crippen LogP) is 0.731. The summed E-state index contributed by atoms with van der Waals surface area (Å²) in [5, 5.41) is 15.0. The summed E-state index contributed by atoms with van der Waals surface area (Å²) in [4.78, 5) is 27.4. The van der Waals surface area contributed by atoms with E-state index in [0.29, 0.717) is 25.7 Å². The number of carbonyl (C=O) groups excluding carboxylic acids is 1. The molecule has 3 rings (SSSR count). The lowest BCUT2D eigenvalue weighted by Gasteiger charge is -2.37. The van der Waals surface area contributed by atoms with Crippen LogP contribution in [0.3, 0.4) is 0 Å². The molecule has 1 aromatic heterocycles. The van der Waals surface area contributed by atoms with Crippen LogP contribution in [0, 0.1) is 10.1 Å². The van der Waals surface area contributed by atoms with Crippen molar-refractivity contribution in [1.82, 2.24) is 19.6 Å². The summed E-state index contributed by atoms with van der Waals surface area (Å²) in [5.74, 6) is -0.271. The zero-order valence-corrected chi connectivity index (χ0v) is 12.1. The van der Waals surface area contributed by atoms with E-state index in [0.717, 1.165) is 19.5 Å². The van der Waals surface area contributed by atoms with Gasteiger partial charge in [0.15, 0.2) is 0 Å². The molecule has 0 N–H and O–H groups in total.